The third-order valence-corrected chi connectivity index (χ3v) is 2.59. The summed E-state index contributed by atoms with van der Waals surface area (Å²) in [6.45, 7) is 2.04. The highest BCUT2D eigenvalue weighted by Crippen LogP contribution is 2.16. The molecule has 1 aromatic carbocycles. The Hall–Kier alpha value is -2.50. The van der Waals surface area contributed by atoms with Crippen molar-refractivity contribution >= 4 is 5.91 Å². The molecule has 0 fully saturated rings. The molecule has 1 aromatic heterocycles. The molecule has 0 radical (unpaired) electrons. The highest BCUT2D eigenvalue weighted by atomic mass is 16.5. The van der Waals surface area contributed by atoms with E-state index in [9.17, 15) is 4.79 Å². The van der Waals surface area contributed by atoms with Crippen molar-refractivity contribution in [3.63, 3.8) is 0 Å². The van der Waals surface area contributed by atoms with Gasteiger partial charge in [0, 0.05) is 17.2 Å². The Labute approximate surface area is 104 Å². The Balaban J connectivity index is 2.20. The lowest BCUT2D eigenvalue weighted by Gasteiger charge is -2.10. The number of carbonyl (C=O) groups is 1. The van der Waals surface area contributed by atoms with Gasteiger partial charge in [-0.05, 0) is 18.6 Å². The summed E-state index contributed by atoms with van der Waals surface area (Å²) in [5.74, 6) is -0.221. The Morgan fingerprint density at radius 2 is 2.28 bits per heavy atom. The van der Waals surface area contributed by atoms with Crippen LogP contribution in [0.25, 0.3) is 0 Å². The summed E-state index contributed by atoms with van der Waals surface area (Å²) in [5.41, 5.74) is 7.36. The zero-order chi connectivity index (χ0) is 13.1. The van der Waals surface area contributed by atoms with Crippen LogP contribution < -0.4 is 10.5 Å². The van der Waals surface area contributed by atoms with Crippen LogP contribution in [-0.2, 0) is 6.61 Å². The van der Waals surface area contributed by atoms with Crippen LogP contribution in [0, 0.1) is 6.92 Å². The monoisotopic (exact) mass is 247 g/mol. The fourth-order valence-corrected chi connectivity index (χ4v) is 1.65. The quantitative estimate of drug-likeness (QED) is 0.792. The van der Waals surface area contributed by atoms with Crippen LogP contribution in [0.3, 0.4) is 0 Å². The molecule has 1 heterocycles. The van der Waals surface area contributed by atoms with E-state index in [-0.39, 0.29) is 12.5 Å². The third-order valence-electron chi connectivity index (χ3n) is 2.59. The predicted octanol–water partition coefficient (Wildman–Crippen LogP) is 1.11. The van der Waals surface area contributed by atoms with Crippen LogP contribution in [0.5, 0.6) is 5.88 Å². The number of primary amides is 1. The van der Waals surface area contributed by atoms with E-state index in [1.54, 1.807) is 12.1 Å². The lowest BCUT2D eigenvalue weighted by molar-refractivity contribution is 0.0997. The van der Waals surface area contributed by atoms with Gasteiger partial charge < -0.3 is 15.7 Å². The van der Waals surface area contributed by atoms with Crippen LogP contribution in [0.4, 0.5) is 0 Å². The molecule has 94 valence electrons. The number of nitrogens with zero attached hydrogens (tertiary/aromatic N) is 2. The minimum atomic E-state index is -0.495. The molecular weight excluding hydrogens is 234 g/mol. The molecule has 0 unspecified atom stereocenters. The maximum absolute atomic E-state index is 11.3. The van der Waals surface area contributed by atoms with E-state index in [4.69, 9.17) is 15.7 Å². The van der Waals surface area contributed by atoms with E-state index in [2.05, 4.69) is 5.10 Å². The van der Waals surface area contributed by atoms with Gasteiger partial charge in [0.05, 0.1) is 6.20 Å². The maximum Gasteiger partial charge on any atom is 0.249 e. The van der Waals surface area contributed by atoms with Gasteiger partial charge in [0.25, 0.3) is 0 Å². The van der Waals surface area contributed by atoms with Crippen molar-refractivity contribution in [1.29, 1.82) is 0 Å². The van der Waals surface area contributed by atoms with Crippen LogP contribution in [0.2, 0.25) is 0 Å². The second-order valence-electron chi connectivity index (χ2n) is 3.83. The van der Waals surface area contributed by atoms with Crippen molar-refractivity contribution in [3.05, 3.63) is 47.2 Å². The number of nitrogens with two attached hydrogens (primary N) is 1. The van der Waals surface area contributed by atoms with Crippen LogP contribution in [-0.4, -0.2) is 21.1 Å². The molecule has 0 saturated carbocycles. The van der Waals surface area contributed by atoms with Gasteiger partial charge >= 0.3 is 0 Å². The van der Waals surface area contributed by atoms with Gasteiger partial charge in [0.2, 0.25) is 11.8 Å². The summed E-state index contributed by atoms with van der Waals surface area (Å²) in [6.07, 6.45) is 1.35. The Kier molecular flexibility index (Phi) is 3.18. The van der Waals surface area contributed by atoms with Gasteiger partial charge in [-0.15, -0.1) is 4.85 Å². The highest BCUT2D eigenvalue weighted by Gasteiger charge is 2.11. The second kappa shape index (κ2) is 4.79. The van der Waals surface area contributed by atoms with E-state index in [0.29, 0.717) is 10.4 Å². The largest absolute Gasteiger partial charge is 0.472 e. The Bertz CT molecular complexity index is 578. The molecule has 6 heteroatoms. The topological polar surface area (TPSA) is 90.4 Å². The number of benzene rings is 1. The van der Waals surface area contributed by atoms with E-state index < -0.39 is 5.91 Å². The molecular formula is C12H13N3O3. The van der Waals surface area contributed by atoms with Crippen molar-refractivity contribution in [2.75, 3.05) is 0 Å². The Morgan fingerprint density at radius 1 is 1.50 bits per heavy atom. The zero-order valence-electron chi connectivity index (χ0n) is 9.83. The zero-order valence-corrected chi connectivity index (χ0v) is 9.83. The molecule has 0 atom stereocenters. The van der Waals surface area contributed by atoms with E-state index in [1.165, 1.54) is 12.3 Å². The molecule has 6 nitrogen and oxygen atoms in total. The van der Waals surface area contributed by atoms with Gasteiger partial charge in [-0.25, -0.2) is 0 Å². The van der Waals surface area contributed by atoms with Crippen molar-refractivity contribution in [2.24, 2.45) is 5.73 Å². The maximum atomic E-state index is 11.3. The number of hydrogen-bond acceptors (Lipinski definition) is 4. The summed E-state index contributed by atoms with van der Waals surface area (Å²) in [6, 6.07) is 6.80. The summed E-state index contributed by atoms with van der Waals surface area (Å²) < 4.78 is 5.38. The van der Waals surface area contributed by atoms with Gasteiger partial charge in [0.15, 0.2) is 0 Å². The van der Waals surface area contributed by atoms with Gasteiger partial charge in [0.1, 0.15) is 6.61 Å². The van der Waals surface area contributed by atoms with Crippen LogP contribution in [0.15, 0.2) is 30.5 Å². The number of hydrogen-bond donors (Lipinski definition) is 2. The minimum Gasteiger partial charge on any atom is -0.472 e. The first-order chi connectivity index (χ1) is 8.58. The average molecular weight is 247 g/mol. The molecule has 0 aliphatic heterocycles. The van der Waals surface area contributed by atoms with Gasteiger partial charge in [-0.3, -0.25) is 4.79 Å². The molecule has 3 N–H and O–H groups in total. The molecule has 0 aliphatic rings. The molecule has 0 aliphatic carbocycles. The second-order valence-corrected chi connectivity index (χ2v) is 3.83. The van der Waals surface area contributed by atoms with E-state index in [0.717, 1.165) is 11.1 Å². The minimum absolute atomic E-state index is 0.169. The fourth-order valence-electron chi connectivity index (χ4n) is 1.65. The van der Waals surface area contributed by atoms with Crippen molar-refractivity contribution in [2.45, 2.75) is 13.5 Å². The number of amides is 1. The summed E-state index contributed by atoms with van der Waals surface area (Å²) in [4.78, 5) is 12.0. The molecule has 1 amide bonds. The predicted molar refractivity (Wildman–Crippen MR) is 63.4 cm³/mol. The molecule has 18 heavy (non-hydrogen) atoms. The normalized spacial score (nSPS) is 10.3. The standard InChI is InChI=1S/C12H13N3O3/c1-8-3-2-4-9(12(13)16)10(8)7-18-11-5-6-15(17)14-11/h2-6,17H,7H2,1H3,(H2,13,16). The number of aryl methyl sites for hydroxylation is 1. The molecule has 2 rings (SSSR count). The van der Waals surface area contributed by atoms with Crippen LogP contribution >= 0.6 is 0 Å². The van der Waals surface area contributed by atoms with E-state index in [1.807, 2.05) is 13.0 Å². The molecule has 0 bridgehead atoms. The average Bonchev–Trinajstić information content (AvgIpc) is 2.73. The first-order valence-corrected chi connectivity index (χ1v) is 5.34. The number of carbonyl (C=O) groups excluding carboxylic acids is 1. The van der Waals surface area contributed by atoms with Gasteiger partial charge in [-0.2, -0.15) is 0 Å². The SMILES string of the molecule is Cc1cccc(C(N)=O)c1COc1ccn(O)n1. The number of rotatable bonds is 4. The van der Waals surface area contributed by atoms with Gasteiger partial charge in [-0.1, -0.05) is 17.2 Å². The molecule has 0 saturated heterocycles. The summed E-state index contributed by atoms with van der Waals surface area (Å²) in [5, 5.41) is 12.7. The fraction of sp³-hybridized carbons (Fsp3) is 0.167. The van der Waals surface area contributed by atoms with Crippen molar-refractivity contribution in [1.82, 2.24) is 9.94 Å². The lowest BCUT2D eigenvalue weighted by Crippen LogP contribution is -2.15. The summed E-state index contributed by atoms with van der Waals surface area (Å²) >= 11 is 0. The smallest absolute Gasteiger partial charge is 0.249 e. The van der Waals surface area contributed by atoms with Crippen LogP contribution in [0.1, 0.15) is 21.5 Å². The highest BCUT2D eigenvalue weighted by molar-refractivity contribution is 5.94. The molecule has 2 aromatic rings. The first-order valence-electron chi connectivity index (χ1n) is 5.34. The molecule has 0 spiro atoms. The lowest BCUT2D eigenvalue weighted by atomic mass is 10.0. The van der Waals surface area contributed by atoms with Crippen molar-refractivity contribution in [3.8, 4) is 5.88 Å². The summed E-state index contributed by atoms with van der Waals surface area (Å²) in [7, 11) is 0. The third kappa shape index (κ3) is 2.42. The number of aromatic nitrogens is 2. The van der Waals surface area contributed by atoms with Crippen molar-refractivity contribution < 1.29 is 14.7 Å². The van der Waals surface area contributed by atoms with E-state index >= 15 is 0 Å². The Morgan fingerprint density at radius 3 is 2.89 bits per heavy atom. The first kappa shape index (κ1) is 12.0. The number of ether oxygens (including phenoxy) is 1.